The van der Waals surface area contributed by atoms with Gasteiger partial charge in [-0.1, -0.05) is 36.5 Å². The fraction of sp³-hybridized carbons (Fsp3) is 0.125. The van der Waals surface area contributed by atoms with Crippen LogP contribution < -0.4 is 0 Å². The minimum atomic E-state index is -0.821. The number of aryl methyl sites for hydroxylation is 1. The highest BCUT2D eigenvalue weighted by Crippen LogP contribution is 2.15. The van der Waals surface area contributed by atoms with Gasteiger partial charge in [0.05, 0.1) is 5.56 Å². The van der Waals surface area contributed by atoms with Crippen LogP contribution in [-0.4, -0.2) is 11.2 Å². The third kappa shape index (κ3) is 3.33. The summed E-state index contributed by atoms with van der Waals surface area (Å²) in [6, 6.07) is 10.5. The lowest BCUT2D eigenvalue weighted by Gasteiger charge is -2.06. The van der Waals surface area contributed by atoms with Crippen LogP contribution in [0.25, 0.3) is 0 Å². The first-order valence-corrected chi connectivity index (χ1v) is 6.60. The van der Waals surface area contributed by atoms with Crippen molar-refractivity contribution in [2.24, 2.45) is 0 Å². The highest BCUT2D eigenvalue weighted by molar-refractivity contribution is 7.79. The molecule has 0 aromatic heterocycles. The summed E-state index contributed by atoms with van der Waals surface area (Å²) in [7, 11) is 0. The molecule has 2 aromatic carbocycles. The average Bonchev–Trinajstić information content (AvgIpc) is 2.45. The van der Waals surface area contributed by atoms with Crippen molar-refractivity contribution < 1.29 is 13.6 Å². The van der Waals surface area contributed by atoms with Gasteiger partial charge in [0, 0.05) is 17.9 Å². The number of hydrogen-bond donors (Lipinski definition) is 0. The lowest BCUT2D eigenvalue weighted by Crippen LogP contribution is -2.05. The van der Waals surface area contributed by atoms with E-state index < -0.39 is 11.6 Å². The number of halogens is 2. The molecule has 0 N–H and O–H groups in total. The molecule has 0 unspecified atom stereocenters. The highest BCUT2D eigenvalue weighted by atomic mass is 32.1. The minimum Gasteiger partial charge on any atom is -0.294 e. The predicted molar refractivity (Wildman–Crippen MR) is 78.2 cm³/mol. The number of hydrogen-bond acceptors (Lipinski definition) is 2. The molecule has 0 aliphatic carbocycles. The quantitative estimate of drug-likeness (QED) is 0.608. The van der Waals surface area contributed by atoms with Crippen molar-refractivity contribution in [3.05, 3.63) is 70.8 Å². The van der Waals surface area contributed by atoms with Crippen molar-refractivity contribution in [3.8, 4) is 0 Å². The van der Waals surface area contributed by atoms with Crippen LogP contribution in [0.5, 0.6) is 0 Å². The summed E-state index contributed by atoms with van der Waals surface area (Å²) in [5.74, 6) is -1.86. The number of ketones is 1. The van der Waals surface area contributed by atoms with E-state index in [4.69, 9.17) is 12.2 Å². The minimum absolute atomic E-state index is 0.0776. The zero-order chi connectivity index (χ0) is 14.5. The number of benzene rings is 2. The van der Waals surface area contributed by atoms with E-state index in [1.807, 2.05) is 24.3 Å². The standard InChI is InChI=1S/C16H12F2OS/c17-13-6-7-14(15(18)9-13)16(19)8-5-11-3-1-2-4-12(11)10-20/h1-4,6-7,9-10H,5,8H2. The van der Waals surface area contributed by atoms with E-state index in [2.05, 4.69) is 0 Å². The maximum absolute atomic E-state index is 13.5. The lowest BCUT2D eigenvalue weighted by atomic mass is 9.99. The number of Topliss-reactive ketones (excluding diaryl/α,β-unsaturated/α-hetero) is 1. The van der Waals surface area contributed by atoms with Crippen LogP contribution in [0.4, 0.5) is 8.78 Å². The topological polar surface area (TPSA) is 17.1 Å². The Morgan fingerprint density at radius 3 is 2.60 bits per heavy atom. The molecule has 0 fully saturated rings. The molecular weight excluding hydrogens is 278 g/mol. The first-order valence-electron chi connectivity index (χ1n) is 6.13. The van der Waals surface area contributed by atoms with Crippen molar-refractivity contribution in [2.45, 2.75) is 12.8 Å². The molecule has 0 saturated heterocycles. The molecule has 0 radical (unpaired) electrons. The maximum Gasteiger partial charge on any atom is 0.166 e. The van der Waals surface area contributed by atoms with Gasteiger partial charge in [-0.25, -0.2) is 8.78 Å². The molecule has 0 aliphatic heterocycles. The molecule has 0 heterocycles. The van der Waals surface area contributed by atoms with Crippen molar-refractivity contribution in [3.63, 3.8) is 0 Å². The Morgan fingerprint density at radius 1 is 1.15 bits per heavy atom. The van der Waals surface area contributed by atoms with Gasteiger partial charge in [0.15, 0.2) is 5.78 Å². The Hall–Kier alpha value is -1.94. The maximum atomic E-state index is 13.5. The Bertz CT molecular complexity index is 653. The summed E-state index contributed by atoms with van der Waals surface area (Å²) in [4.78, 5) is 12.0. The van der Waals surface area contributed by atoms with Crippen molar-refractivity contribution in [1.29, 1.82) is 0 Å². The second kappa shape index (κ2) is 6.48. The molecule has 0 atom stereocenters. The molecule has 0 aliphatic rings. The van der Waals surface area contributed by atoms with E-state index in [0.717, 1.165) is 23.3 Å². The second-order valence-electron chi connectivity index (χ2n) is 4.36. The molecule has 1 nitrogen and oxygen atoms in total. The van der Waals surface area contributed by atoms with Crippen LogP contribution in [0.15, 0.2) is 42.5 Å². The third-order valence-electron chi connectivity index (χ3n) is 3.04. The highest BCUT2D eigenvalue weighted by Gasteiger charge is 2.13. The van der Waals surface area contributed by atoms with E-state index in [0.29, 0.717) is 6.42 Å². The van der Waals surface area contributed by atoms with Gasteiger partial charge < -0.3 is 0 Å². The van der Waals surface area contributed by atoms with Crippen LogP contribution in [0.2, 0.25) is 0 Å². The number of carbonyl (C=O) groups excluding carboxylic acids is 1. The van der Waals surface area contributed by atoms with Gasteiger partial charge in [0.1, 0.15) is 11.6 Å². The van der Waals surface area contributed by atoms with Crippen molar-refractivity contribution >= 4 is 23.4 Å². The zero-order valence-corrected chi connectivity index (χ0v) is 11.4. The summed E-state index contributed by atoms with van der Waals surface area (Å²) in [6.45, 7) is 0. The smallest absolute Gasteiger partial charge is 0.166 e. The van der Waals surface area contributed by atoms with Gasteiger partial charge in [0.2, 0.25) is 0 Å². The van der Waals surface area contributed by atoms with Gasteiger partial charge >= 0.3 is 0 Å². The van der Waals surface area contributed by atoms with E-state index in [1.54, 1.807) is 5.37 Å². The van der Waals surface area contributed by atoms with Gasteiger partial charge in [-0.3, -0.25) is 4.79 Å². The normalized spacial score (nSPS) is 10.3. The van der Waals surface area contributed by atoms with Gasteiger partial charge in [-0.2, -0.15) is 0 Å². The molecule has 0 amide bonds. The first-order chi connectivity index (χ1) is 9.61. The molecule has 0 bridgehead atoms. The number of thiocarbonyl (C=S) groups is 1. The van der Waals surface area contributed by atoms with Crippen molar-refractivity contribution in [2.75, 3.05) is 0 Å². The summed E-state index contributed by atoms with van der Waals surface area (Å²) in [6.07, 6.45) is 0.627. The fourth-order valence-electron chi connectivity index (χ4n) is 1.98. The number of carbonyl (C=O) groups is 1. The zero-order valence-electron chi connectivity index (χ0n) is 10.6. The predicted octanol–water partition coefficient (Wildman–Crippen LogP) is 4.13. The molecule has 20 heavy (non-hydrogen) atoms. The van der Waals surface area contributed by atoms with Crippen LogP contribution in [0.3, 0.4) is 0 Å². The largest absolute Gasteiger partial charge is 0.294 e. The summed E-state index contributed by atoms with van der Waals surface area (Å²) in [5.41, 5.74) is 1.75. The summed E-state index contributed by atoms with van der Waals surface area (Å²) < 4.78 is 26.3. The molecule has 0 saturated carbocycles. The van der Waals surface area contributed by atoms with E-state index in [9.17, 15) is 13.6 Å². The molecular formula is C16H12F2OS. The van der Waals surface area contributed by atoms with E-state index in [1.165, 1.54) is 6.07 Å². The molecule has 0 spiro atoms. The molecule has 4 heteroatoms. The SMILES string of the molecule is O=C(CCc1ccccc1C=S)c1ccc(F)cc1F. The van der Waals surface area contributed by atoms with Crippen molar-refractivity contribution in [1.82, 2.24) is 0 Å². The van der Waals surface area contributed by atoms with Crippen LogP contribution in [0, 0.1) is 11.6 Å². The molecule has 102 valence electrons. The molecule has 2 rings (SSSR count). The summed E-state index contributed by atoms with van der Waals surface area (Å²) in [5, 5.41) is 1.55. The first kappa shape index (κ1) is 14.5. The van der Waals surface area contributed by atoms with E-state index >= 15 is 0 Å². The van der Waals surface area contributed by atoms with Crippen LogP contribution in [-0.2, 0) is 6.42 Å². The van der Waals surface area contributed by atoms with Gasteiger partial charge in [-0.05, 0) is 29.7 Å². The monoisotopic (exact) mass is 290 g/mol. The Labute approximate surface area is 121 Å². The lowest BCUT2D eigenvalue weighted by molar-refractivity contribution is 0.0979. The average molecular weight is 290 g/mol. The van der Waals surface area contributed by atoms with Gasteiger partial charge in [0.25, 0.3) is 0 Å². The van der Waals surface area contributed by atoms with Crippen LogP contribution >= 0.6 is 12.2 Å². The molecule has 2 aromatic rings. The van der Waals surface area contributed by atoms with Gasteiger partial charge in [-0.15, -0.1) is 0 Å². The number of rotatable bonds is 5. The van der Waals surface area contributed by atoms with E-state index in [-0.39, 0.29) is 17.8 Å². The Kier molecular flexibility index (Phi) is 4.69. The Balaban J connectivity index is 2.10. The fourth-order valence-corrected chi connectivity index (χ4v) is 2.21. The summed E-state index contributed by atoms with van der Waals surface area (Å²) >= 11 is 4.90. The Morgan fingerprint density at radius 2 is 1.90 bits per heavy atom. The van der Waals surface area contributed by atoms with Crippen LogP contribution in [0.1, 0.15) is 27.9 Å². The second-order valence-corrected chi connectivity index (χ2v) is 4.60. The third-order valence-corrected chi connectivity index (χ3v) is 3.29.